The average Bonchev–Trinajstić information content (AvgIpc) is 2.35. The van der Waals surface area contributed by atoms with Crippen LogP contribution in [0.1, 0.15) is 21.5 Å². The predicted octanol–water partition coefficient (Wildman–Crippen LogP) is 3.23. The molecule has 0 atom stereocenters. The van der Waals surface area contributed by atoms with Crippen molar-refractivity contribution in [2.75, 3.05) is 0 Å². The number of esters is 1. The number of benzene rings is 2. The van der Waals surface area contributed by atoms with Crippen molar-refractivity contribution in [1.82, 2.24) is 0 Å². The molecule has 0 saturated carbocycles. The van der Waals surface area contributed by atoms with Crippen LogP contribution in [-0.2, 0) is 0 Å². The van der Waals surface area contributed by atoms with Gasteiger partial charge in [0.1, 0.15) is 17.1 Å². The van der Waals surface area contributed by atoms with Gasteiger partial charge in [0.25, 0.3) is 0 Å². The molecule has 92 valence electrons. The lowest BCUT2D eigenvalue weighted by Crippen LogP contribution is -2.09. The lowest BCUT2D eigenvalue weighted by molar-refractivity contribution is 0.0730. The SMILES string of the molecule is Cc1cccc(OC(=O)c2ccccc2O)c1C. The Morgan fingerprint density at radius 3 is 2.50 bits per heavy atom. The Kier molecular flexibility index (Phi) is 3.33. The van der Waals surface area contributed by atoms with Gasteiger partial charge in [0.2, 0.25) is 0 Å². The molecular weight excluding hydrogens is 228 g/mol. The number of carbonyl (C=O) groups is 1. The van der Waals surface area contributed by atoms with Crippen molar-refractivity contribution < 1.29 is 14.6 Å². The molecule has 2 aromatic carbocycles. The summed E-state index contributed by atoms with van der Waals surface area (Å²) in [6.07, 6.45) is 0. The third kappa shape index (κ3) is 2.35. The number of phenols is 1. The van der Waals surface area contributed by atoms with Crippen LogP contribution in [0.4, 0.5) is 0 Å². The Labute approximate surface area is 106 Å². The molecule has 0 aliphatic carbocycles. The Bertz CT molecular complexity index is 588. The number of aromatic hydroxyl groups is 1. The maximum atomic E-state index is 11.9. The van der Waals surface area contributed by atoms with Crippen LogP contribution >= 0.6 is 0 Å². The molecule has 0 saturated heterocycles. The van der Waals surface area contributed by atoms with Crippen LogP contribution in [0.15, 0.2) is 42.5 Å². The zero-order chi connectivity index (χ0) is 13.1. The van der Waals surface area contributed by atoms with Gasteiger partial charge in [-0.25, -0.2) is 4.79 Å². The first kappa shape index (κ1) is 12.2. The summed E-state index contributed by atoms with van der Waals surface area (Å²) in [6, 6.07) is 11.8. The normalized spacial score (nSPS) is 10.1. The van der Waals surface area contributed by atoms with E-state index >= 15 is 0 Å². The number of phenolic OH excluding ortho intramolecular Hbond substituents is 1. The van der Waals surface area contributed by atoms with Crippen molar-refractivity contribution in [2.24, 2.45) is 0 Å². The van der Waals surface area contributed by atoms with Crippen LogP contribution in [-0.4, -0.2) is 11.1 Å². The summed E-state index contributed by atoms with van der Waals surface area (Å²) in [4.78, 5) is 11.9. The topological polar surface area (TPSA) is 46.5 Å². The average molecular weight is 242 g/mol. The van der Waals surface area contributed by atoms with Gasteiger partial charge in [0, 0.05) is 0 Å². The van der Waals surface area contributed by atoms with Gasteiger partial charge < -0.3 is 9.84 Å². The van der Waals surface area contributed by atoms with E-state index in [0.717, 1.165) is 11.1 Å². The smallest absolute Gasteiger partial charge is 0.347 e. The molecular formula is C15H14O3. The van der Waals surface area contributed by atoms with Gasteiger partial charge in [-0.3, -0.25) is 0 Å². The fourth-order valence-electron chi connectivity index (χ4n) is 1.64. The highest BCUT2D eigenvalue weighted by Crippen LogP contribution is 2.23. The highest BCUT2D eigenvalue weighted by molar-refractivity contribution is 5.93. The molecule has 3 nitrogen and oxygen atoms in total. The third-order valence-electron chi connectivity index (χ3n) is 2.88. The van der Waals surface area contributed by atoms with E-state index in [9.17, 15) is 9.90 Å². The van der Waals surface area contributed by atoms with Crippen molar-refractivity contribution in [3.8, 4) is 11.5 Å². The van der Waals surface area contributed by atoms with Crippen LogP contribution < -0.4 is 4.74 Å². The van der Waals surface area contributed by atoms with Gasteiger partial charge in [-0.2, -0.15) is 0 Å². The molecule has 0 amide bonds. The molecule has 0 unspecified atom stereocenters. The lowest BCUT2D eigenvalue weighted by Gasteiger charge is -2.09. The first-order chi connectivity index (χ1) is 8.59. The molecule has 0 bridgehead atoms. The van der Waals surface area contributed by atoms with Gasteiger partial charge in [-0.1, -0.05) is 24.3 Å². The standard InChI is InChI=1S/C15H14O3/c1-10-6-5-9-14(11(10)2)18-15(17)12-7-3-4-8-13(12)16/h3-9,16H,1-2H3. The van der Waals surface area contributed by atoms with Crippen molar-refractivity contribution >= 4 is 5.97 Å². The molecule has 0 spiro atoms. The fraction of sp³-hybridized carbons (Fsp3) is 0.133. The molecule has 18 heavy (non-hydrogen) atoms. The minimum atomic E-state index is -0.554. The van der Waals surface area contributed by atoms with Crippen molar-refractivity contribution in [3.05, 3.63) is 59.2 Å². The summed E-state index contributed by atoms with van der Waals surface area (Å²) < 4.78 is 5.29. The number of para-hydroxylation sites is 1. The summed E-state index contributed by atoms with van der Waals surface area (Å²) in [5.41, 5.74) is 2.14. The van der Waals surface area contributed by atoms with Crippen LogP contribution in [0.2, 0.25) is 0 Å². The first-order valence-corrected chi connectivity index (χ1v) is 5.66. The summed E-state index contributed by atoms with van der Waals surface area (Å²) in [7, 11) is 0. The van der Waals surface area contributed by atoms with Crippen molar-refractivity contribution in [2.45, 2.75) is 13.8 Å². The molecule has 0 aliphatic heterocycles. The fourth-order valence-corrected chi connectivity index (χ4v) is 1.64. The molecule has 3 heteroatoms. The van der Waals surface area contributed by atoms with E-state index in [1.54, 1.807) is 18.2 Å². The Morgan fingerprint density at radius 1 is 1.06 bits per heavy atom. The molecule has 0 aromatic heterocycles. The van der Waals surface area contributed by atoms with Gasteiger partial charge in [-0.05, 0) is 43.2 Å². The van der Waals surface area contributed by atoms with E-state index in [0.29, 0.717) is 5.75 Å². The van der Waals surface area contributed by atoms with Gasteiger partial charge in [-0.15, -0.1) is 0 Å². The van der Waals surface area contributed by atoms with Crippen molar-refractivity contribution in [1.29, 1.82) is 0 Å². The second kappa shape index (κ2) is 4.92. The zero-order valence-corrected chi connectivity index (χ0v) is 10.3. The maximum absolute atomic E-state index is 11.9. The van der Waals surface area contributed by atoms with E-state index in [2.05, 4.69) is 0 Å². The van der Waals surface area contributed by atoms with Gasteiger partial charge >= 0.3 is 5.97 Å². The lowest BCUT2D eigenvalue weighted by atomic mass is 10.1. The number of aryl methyl sites for hydroxylation is 1. The molecule has 0 radical (unpaired) electrons. The Morgan fingerprint density at radius 2 is 1.78 bits per heavy atom. The van der Waals surface area contributed by atoms with E-state index in [1.165, 1.54) is 12.1 Å². The van der Waals surface area contributed by atoms with Gasteiger partial charge in [0.15, 0.2) is 0 Å². The largest absolute Gasteiger partial charge is 0.507 e. The molecule has 0 fully saturated rings. The number of rotatable bonds is 2. The van der Waals surface area contributed by atoms with Crippen LogP contribution in [0.25, 0.3) is 0 Å². The number of carbonyl (C=O) groups excluding carboxylic acids is 1. The van der Waals surface area contributed by atoms with Crippen LogP contribution in [0, 0.1) is 13.8 Å². The van der Waals surface area contributed by atoms with E-state index in [1.807, 2.05) is 26.0 Å². The number of hydrogen-bond acceptors (Lipinski definition) is 3. The molecule has 0 heterocycles. The second-order valence-electron chi connectivity index (χ2n) is 4.10. The van der Waals surface area contributed by atoms with Crippen LogP contribution in [0.5, 0.6) is 11.5 Å². The second-order valence-corrected chi connectivity index (χ2v) is 4.10. The summed E-state index contributed by atoms with van der Waals surface area (Å²) in [5.74, 6) is -0.113. The minimum absolute atomic E-state index is 0.0761. The van der Waals surface area contributed by atoms with Gasteiger partial charge in [0.05, 0.1) is 0 Å². The molecule has 0 aliphatic rings. The summed E-state index contributed by atoms with van der Waals surface area (Å²) in [6.45, 7) is 3.84. The number of hydrogen-bond donors (Lipinski definition) is 1. The molecule has 2 aromatic rings. The summed E-state index contributed by atoms with van der Waals surface area (Å²) in [5, 5.41) is 9.58. The molecule has 1 N–H and O–H groups in total. The monoisotopic (exact) mass is 242 g/mol. The Hall–Kier alpha value is -2.29. The third-order valence-corrected chi connectivity index (χ3v) is 2.88. The van der Waals surface area contributed by atoms with Crippen molar-refractivity contribution in [3.63, 3.8) is 0 Å². The van der Waals surface area contributed by atoms with Crippen LogP contribution in [0.3, 0.4) is 0 Å². The first-order valence-electron chi connectivity index (χ1n) is 5.66. The Balaban J connectivity index is 2.27. The van der Waals surface area contributed by atoms with E-state index in [-0.39, 0.29) is 11.3 Å². The minimum Gasteiger partial charge on any atom is -0.507 e. The highest BCUT2D eigenvalue weighted by Gasteiger charge is 2.14. The maximum Gasteiger partial charge on any atom is 0.347 e. The van der Waals surface area contributed by atoms with E-state index in [4.69, 9.17) is 4.74 Å². The highest BCUT2D eigenvalue weighted by atomic mass is 16.5. The quantitative estimate of drug-likeness (QED) is 0.649. The molecule has 2 rings (SSSR count). The van der Waals surface area contributed by atoms with E-state index < -0.39 is 5.97 Å². The predicted molar refractivity (Wildman–Crippen MR) is 69.0 cm³/mol. The summed E-state index contributed by atoms with van der Waals surface area (Å²) >= 11 is 0. The zero-order valence-electron chi connectivity index (χ0n) is 10.3. The number of ether oxygens (including phenoxy) is 1.